The zero-order chi connectivity index (χ0) is 13.7. The number of anilines is 2. The smallest absolute Gasteiger partial charge is 0.144 e. The highest BCUT2D eigenvalue weighted by Crippen LogP contribution is 2.45. The van der Waals surface area contributed by atoms with Gasteiger partial charge in [-0.1, -0.05) is 24.4 Å². The van der Waals surface area contributed by atoms with Crippen LogP contribution in [0.5, 0.6) is 0 Å². The van der Waals surface area contributed by atoms with Crippen molar-refractivity contribution in [3.8, 4) is 0 Å². The second kappa shape index (κ2) is 4.80. The van der Waals surface area contributed by atoms with Crippen LogP contribution in [0.3, 0.4) is 0 Å². The number of benzene rings is 1. The Labute approximate surface area is 124 Å². The molecule has 2 heterocycles. The van der Waals surface area contributed by atoms with Crippen LogP contribution >= 0.6 is 11.6 Å². The van der Waals surface area contributed by atoms with E-state index >= 15 is 0 Å². The van der Waals surface area contributed by atoms with E-state index in [0.717, 1.165) is 23.8 Å². The highest BCUT2D eigenvalue weighted by molar-refractivity contribution is 6.31. The summed E-state index contributed by atoms with van der Waals surface area (Å²) in [7, 11) is 0. The fourth-order valence-electron chi connectivity index (χ4n) is 4.40. The lowest BCUT2D eigenvalue weighted by Gasteiger charge is -2.52. The van der Waals surface area contributed by atoms with Crippen LogP contribution in [0.15, 0.2) is 12.1 Å². The van der Waals surface area contributed by atoms with Crippen molar-refractivity contribution in [3.63, 3.8) is 0 Å². The molecule has 2 nitrogen and oxygen atoms in total. The van der Waals surface area contributed by atoms with E-state index in [9.17, 15) is 4.39 Å². The Morgan fingerprint density at radius 1 is 1.15 bits per heavy atom. The minimum absolute atomic E-state index is 0.215. The SMILES string of the molecule is Fc1cc2c(cc1Cl)NCC1CCC3CCCCC3N21. The summed E-state index contributed by atoms with van der Waals surface area (Å²) >= 11 is 5.92. The summed E-state index contributed by atoms with van der Waals surface area (Å²) in [4.78, 5) is 2.51. The molecule has 3 aliphatic rings. The number of hydrogen-bond acceptors (Lipinski definition) is 2. The van der Waals surface area contributed by atoms with Gasteiger partial charge in [-0.25, -0.2) is 4.39 Å². The molecular formula is C16H20ClFN2. The molecule has 4 rings (SSSR count). The zero-order valence-electron chi connectivity index (χ0n) is 11.5. The maximum atomic E-state index is 13.9. The van der Waals surface area contributed by atoms with Gasteiger partial charge in [0.05, 0.1) is 16.4 Å². The van der Waals surface area contributed by atoms with Crippen LogP contribution in [-0.2, 0) is 0 Å². The number of rotatable bonds is 0. The first kappa shape index (κ1) is 12.8. The first-order valence-electron chi connectivity index (χ1n) is 7.75. The molecule has 108 valence electrons. The molecule has 2 aliphatic heterocycles. The number of halogens is 2. The third kappa shape index (κ3) is 1.90. The van der Waals surface area contributed by atoms with Crippen molar-refractivity contribution in [2.75, 3.05) is 16.8 Å². The average Bonchev–Trinajstić information content (AvgIpc) is 2.48. The first-order valence-corrected chi connectivity index (χ1v) is 8.13. The molecule has 0 spiro atoms. The zero-order valence-corrected chi connectivity index (χ0v) is 12.3. The average molecular weight is 295 g/mol. The lowest BCUT2D eigenvalue weighted by Crippen LogP contribution is -2.56. The Morgan fingerprint density at radius 3 is 2.90 bits per heavy atom. The van der Waals surface area contributed by atoms with Crippen LogP contribution in [0.4, 0.5) is 15.8 Å². The minimum atomic E-state index is -0.300. The number of nitrogens with one attached hydrogen (secondary N) is 1. The molecular weight excluding hydrogens is 275 g/mol. The second-order valence-corrected chi connectivity index (χ2v) is 6.82. The van der Waals surface area contributed by atoms with Gasteiger partial charge in [-0.05, 0) is 37.7 Å². The monoisotopic (exact) mass is 294 g/mol. The van der Waals surface area contributed by atoms with Gasteiger partial charge in [0, 0.05) is 24.7 Å². The number of nitrogens with zero attached hydrogens (tertiary/aromatic N) is 1. The molecule has 1 aromatic carbocycles. The maximum Gasteiger partial charge on any atom is 0.144 e. The van der Waals surface area contributed by atoms with Gasteiger partial charge in [-0.3, -0.25) is 0 Å². The Kier molecular flexibility index (Phi) is 3.06. The number of hydrogen-bond donors (Lipinski definition) is 1. The lowest BCUT2D eigenvalue weighted by atomic mass is 9.75. The third-order valence-corrected chi connectivity index (χ3v) is 5.62. The summed E-state index contributed by atoms with van der Waals surface area (Å²) in [6.45, 7) is 0.957. The van der Waals surface area contributed by atoms with Crippen molar-refractivity contribution in [1.29, 1.82) is 0 Å². The van der Waals surface area contributed by atoms with E-state index in [1.807, 2.05) is 0 Å². The summed E-state index contributed by atoms with van der Waals surface area (Å²) < 4.78 is 13.9. The van der Waals surface area contributed by atoms with Gasteiger partial charge < -0.3 is 10.2 Å². The van der Waals surface area contributed by atoms with E-state index in [1.54, 1.807) is 12.1 Å². The molecule has 2 fully saturated rings. The Hall–Kier alpha value is -0.960. The molecule has 1 aliphatic carbocycles. The lowest BCUT2D eigenvalue weighted by molar-refractivity contribution is 0.215. The van der Waals surface area contributed by atoms with Crippen molar-refractivity contribution >= 4 is 23.0 Å². The standard InChI is InChI=1S/C16H20ClFN2/c17-12-7-14-16(8-13(12)18)20-11(9-19-14)6-5-10-3-1-2-4-15(10)20/h7-8,10-11,15,19H,1-6,9H2. The van der Waals surface area contributed by atoms with E-state index in [1.165, 1.54) is 38.5 Å². The molecule has 20 heavy (non-hydrogen) atoms. The van der Waals surface area contributed by atoms with Crippen molar-refractivity contribution in [2.45, 2.75) is 50.6 Å². The van der Waals surface area contributed by atoms with Crippen LogP contribution in [-0.4, -0.2) is 18.6 Å². The van der Waals surface area contributed by atoms with Crippen LogP contribution in [0.1, 0.15) is 38.5 Å². The quantitative estimate of drug-likeness (QED) is 0.761. The van der Waals surface area contributed by atoms with Crippen LogP contribution in [0.2, 0.25) is 5.02 Å². The Bertz CT molecular complexity index is 533. The predicted octanol–water partition coefficient (Wildman–Crippen LogP) is 4.43. The molecule has 1 N–H and O–H groups in total. The molecule has 4 heteroatoms. The summed E-state index contributed by atoms with van der Waals surface area (Å²) in [5, 5.41) is 3.65. The Morgan fingerprint density at radius 2 is 2.00 bits per heavy atom. The van der Waals surface area contributed by atoms with Gasteiger partial charge in [0.15, 0.2) is 0 Å². The summed E-state index contributed by atoms with van der Waals surface area (Å²) in [6.07, 6.45) is 7.82. The topological polar surface area (TPSA) is 15.3 Å². The van der Waals surface area contributed by atoms with Crippen LogP contribution < -0.4 is 10.2 Å². The molecule has 1 saturated heterocycles. The van der Waals surface area contributed by atoms with Gasteiger partial charge in [-0.2, -0.15) is 0 Å². The van der Waals surface area contributed by atoms with E-state index < -0.39 is 0 Å². The van der Waals surface area contributed by atoms with Gasteiger partial charge >= 0.3 is 0 Å². The second-order valence-electron chi connectivity index (χ2n) is 6.41. The fourth-order valence-corrected chi connectivity index (χ4v) is 4.57. The third-order valence-electron chi connectivity index (χ3n) is 5.34. The van der Waals surface area contributed by atoms with Crippen molar-refractivity contribution in [3.05, 3.63) is 23.0 Å². The van der Waals surface area contributed by atoms with Gasteiger partial charge in [-0.15, -0.1) is 0 Å². The van der Waals surface area contributed by atoms with Gasteiger partial charge in [0.1, 0.15) is 5.82 Å². The van der Waals surface area contributed by atoms with Gasteiger partial charge in [0.25, 0.3) is 0 Å². The maximum absolute atomic E-state index is 13.9. The fraction of sp³-hybridized carbons (Fsp3) is 0.625. The molecule has 1 saturated carbocycles. The number of piperidine rings is 1. The summed E-state index contributed by atoms with van der Waals surface area (Å²) in [6, 6.07) is 4.49. The minimum Gasteiger partial charge on any atom is -0.381 e. The molecule has 0 bridgehead atoms. The highest BCUT2D eigenvalue weighted by Gasteiger charge is 2.41. The van der Waals surface area contributed by atoms with E-state index in [2.05, 4.69) is 10.2 Å². The first-order chi connectivity index (χ1) is 9.74. The van der Waals surface area contributed by atoms with E-state index in [0.29, 0.717) is 12.1 Å². The molecule has 3 atom stereocenters. The van der Waals surface area contributed by atoms with Crippen LogP contribution in [0.25, 0.3) is 0 Å². The summed E-state index contributed by atoms with van der Waals surface area (Å²) in [5.41, 5.74) is 2.03. The highest BCUT2D eigenvalue weighted by atomic mass is 35.5. The molecule has 0 amide bonds. The van der Waals surface area contributed by atoms with Crippen molar-refractivity contribution < 1.29 is 4.39 Å². The van der Waals surface area contributed by atoms with Crippen molar-refractivity contribution in [1.82, 2.24) is 0 Å². The van der Waals surface area contributed by atoms with Crippen LogP contribution in [0, 0.1) is 11.7 Å². The summed E-state index contributed by atoms with van der Waals surface area (Å²) in [5.74, 6) is 0.496. The molecule has 3 unspecified atom stereocenters. The van der Waals surface area contributed by atoms with Crippen molar-refractivity contribution in [2.24, 2.45) is 5.92 Å². The predicted molar refractivity (Wildman–Crippen MR) is 81.1 cm³/mol. The van der Waals surface area contributed by atoms with E-state index in [-0.39, 0.29) is 10.8 Å². The van der Waals surface area contributed by atoms with Gasteiger partial charge in [0.2, 0.25) is 0 Å². The normalized spacial score (nSPS) is 31.9. The number of fused-ring (bicyclic) bond motifs is 5. The Balaban J connectivity index is 1.77. The van der Waals surface area contributed by atoms with E-state index in [4.69, 9.17) is 11.6 Å². The largest absolute Gasteiger partial charge is 0.381 e. The molecule has 1 aromatic rings. The molecule has 0 aromatic heterocycles. The molecule has 0 radical (unpaired) electrons.